The van der Waals surface area contributed by atoms with Crippen molar-refractivity contribution >= 4 is 0 Å². The molecule has 1 heteroatoms. The number of aliphatic hydroxyl groups is 1. The molecule has 0 aromatic rings. The Morgan fingerprint density at radius 2 is 1.75 bits per heavy atom. The Kier molecular flexibility index (Phi) is 5.56. The Balaban J connectivity index is 3.31. The molecule has 0 heterocycles. The minimum atomic E-state index is -0.0580. The zero-order chi connectivity index (χ0) is 9.61. The average Bonchev–Trinajstić information content (AvgIpc) is 1.84. The molecule has 1 N–H and O–H groups in total. The van der Waals surface area contributed by atoms with Gasteiger partial charge in [-0.3, -0.25) is 0 Å². The summed E-state index contributed by atoms with van der Waals surface area (Å²) in [6.45, 7) is 8.87. The molecular weight excluding hydrogens is 148 g/mol. The molecule has 1 atom stereocenters. The first-order valence-electron chi connectivity index (χ1n) is 5.14. The first-order valence-corrected chi connectivity index (χ1v) is 5.14. The van der Waals surface area contributed by atoms with Crippen LogP contribution in [0.1, 0.15) is 59.8 Å². The predicted octanol–water partition coefficient (Wildman–Crippen LogP) is 3.36. The molecule has 1 nitrogen and oxygen atoms in total. The third kappa shape index (κ3) is 8.06. The molecule has 74 valence electrons. The van der Waals surface area contributed by atoms with Crippen LogP contribution >= 0.6 is 0 Å². The van der Waals surface area contributed by atoms with Crippen LogP contribution in [-0.4, -0.2) is 11.2 Å². The second kappa shape index (κ2) is 5.58. The van der Waals surface area contributed by atoms with Crippen LogP contribution in [-0.2, 0) is 0 Å². The van der Waals surface area contributed by atoms with Crippen LogP contribution in [0.3, 0.4) is 0 Å². The van der Waals surface area contributed by atoms with Gasteiger partial charge in [0, 0.05) is 0 Å². The van der Waals surface area contributed by atoms with E-state index in [1.54, 1.807) is 0 Å². The molecule has 1 unspecified atom stereocenters. The van der Waals surface area contributed by atoms with Crippen LogP contribution in [0, 0.1) is 5.41 Å². The number of rotatable bonds is 5. The molecule has 12 heavy (non-hydrogen) atoms. The summed E-state index contributed by atoms with van der Waals surface area (Å²) in [6, 6.07) is 0. The van der Waals surface area contributed by atoms with Crippen LogP contribution in [0.25, 0.3) is 0 Å². The molecule has 0 aromatic carbocycles. The van der Waals surface area contributed by atoms with E-state index < -0.39 is 0 Å². The summed E-state index contributed by atoms with van der Waals surface area (Å²) in [4.78, 5) is 0. The van der Waals surface area contributed by atoms with Gasteiger partial charge in [0.25, 0.3) is 0 Å². The predicted molar refractivity (Wildman–Crippen MR) is 54.2 cm³/mol. The second-order valence-electron chi connectivity index (χ2n) is 4.90. The second-order valence-corrected chi connectivity index (χ2v) is 4.90. The molecule has 0 amide bonds. The maximum absolute atomic E-state index is 9.45. The maximum Gasteiger partial charge on any atom is 0.0540 e. The summed E-state index contributed by atoms with van der Waals surface area (Å²) >= 11 is 0. The highest BCUT2D eigenvalue weighted by atomic mass is 16.3. The van der Waals surface area contributed by atoms with Gasteiger partial charge < -0.3 is 5.11 Å². The van der Waals surface area contributed by atoms with Crippen molar-refractivity contribution in [2.75, 3.05) is 0 Å². The highest BCUT2D eigenvalue weighted by Crippen LogP contribution is 2.22. The van der Waals surface area contributed by atoms with E-state index in [9.17, 15) is 5.11 Å². The van der Waals surface area contributed by atoms with Crippen LogP contribution in [0.15, 0.2) is 0 Å². The van der Waals surface area contributed by atoms with Crippen LogP contribution in [0.5, 0.6) is 0 Å². The van der Waals surface area contributed by atoms with E-state index in [0.717, 1.165) is 25.7 Å². The molecule has 0 aliphatic heterocycles. The summed E-state index contributed by atoms with van der Waals surface area (Å²) in [5, 5.41) is 9.45. The fourth-order valence-electron chi connectivity index (χ4n) is 1.35. The Hall–Kier alpha value is -0.0400. The number of hydrogen-bond donors (Lipinski definition) is 1. The Morgan fingerprint density at radius 3 is 2.17 bits per heavy atom. The van der Waals surface area contributed by atoms with Gasteiger partial charge in [-0.25, -0.2) is 0 Å². The van der Waals surface area contributed by atoms with Crippen molar-refractivity contribution in [2.24, 2.45) is 5.41 Å². The van der Waals surface area contributed by atoms with Crippen molar-refractivity contribution < 1.29 is 5.11 Å². The molecule has 0 saturated heterocycles. The topological polar surface area (TPSA) is 20.2 Å². The van der Waals surface area contributed by atoms with Gasteiger partial charge >= 0.3 is 0 Å². The normalized spacial score (nSPS) is 14.8. The van der Waals surface area contributed by atoms with Gasteiger partial charge in [0.15, 0.2) is 0 Å². The molecule has 0 spiro atoms. The van der Waals surface area contributed by atoms with E-state index >= 15 is 0 Å². The highest BCUT2D eigenvalue weighted by Gasteiger charge is 2.10. The molecular formula is C11H24O. The summed E-state index contributed by atoms with van der Waals surface area (Å²) in [7, 11) is 0. The lowest BCUT2D eigenvalue weighted by Gasteiger charge is -2.18. The fourth-order valence-corrected chi connectivity index (χ4v) is 1.35. The van der Waals surface area contributed by atoms with Crippen molar-refractivity contribution in [3.05, 3.63) is 0 Å². The lowest BCUT2D eigenvalue weighted by atomic mass is 9.89. The van der Waals surface area contributed by atoms with E-state index in [2.05, 4.69) is 27.7 Å². The first-order chi connectivity index (χ1) is 5.45. The van der Waals surface area contributed by atoms with Gasteiger partial charge in [0.1, 0.15) is 0 Å². The summed E-state index contributed by atoms with van der Waals surface area (Å²) in [5.41, 5.74) is 0.423. The summed E-state index contributed by atoms with van der Waals surface area (Å²) in [6.07, 6.45) is 5.35. The lowest BCUT2D eigenvalue weighted by molar-refractivity contribution is 0.145. The summed E-state index contributed by atoms with van der Waals surface area (Å²) < 4.78 is 0. The monoisotopic (exact) mass is 172 g/mol. The van der Waals surface area contributed by atoms with Crippen LogP contribution in [0.2, 0.25) is 0 Å². The third-order valence-electron chi connectivity index (χ3n) is 2.09. The standard InChI is InChI=1S/C11H24O/c1-5-7-10(12)8-6-9-11(2,3)4/h10,12H,5-9H2,1-4H3. The lowest BCUT2D eigenvalue weighted by Crippen LogP contribution is -2.09. The van der Waals surface area contributed by atoms with Crippen LogP contribution < -0.4 is 0 Å². The van der Waals surface area contributed by atoms with Crippen molar-refractivity contribution in [1.29, 1.82) is 0 Å². The smallest absolute Gasteiger partial charge is 0.0540 e. The quantitative estimate of drug-likeness (QED) is 0.674. The first kappa shape index (κ1) is 12.0. The van der Waals surface area contributed by atoms with Gasteiger partial charge in [-0.1, -0.05) is 40.5 Å². The highest BCUT2D eigenvalue weighted by molar-refractivity contribution is 4.63. The molecule has 0 aromatic heterocycles. The maximum atomic E-state index is 9.45. The van der Waals surface area contributed by atoms with Gasteiger partial charge in [-0.05, 0) is 24.7 Å². The minimum Gasteiger partial charge on any atom is -0.393 e. The minimum absolute atomic E-state index is 0.0580. The van der Waals surface area contributed by atoms with Crippen LogP contribution in [0.4, 0.5) is 0 Å². The van der Waals surface area contributed by atoms with Gasteiger partial charge in [0.05, 0.1) is 6.10 Å². The van der Waals surface area contributed by atoms with Gasteiger partial charge in [0.2, 0.25) is 0 Å². The Morgan fingerprint density at radius 1 is 1.17 bits per heavy atom. The molecule has 0 aliphatic carbocycles. The Bertz CT molecular complexity index is 102. The van der Waals surface area contributed by atoms with Crippen molar-refractivity contribution in [1.82, 2.24) is 0 Å². The van der Waals surface area contributed by atoms with Crippen molar-refractivity contribution in [3.8, 4) is 0 Å². The number of hydrogen-bond acceptors (Lipinski definition) is 1. The summed E-state index contributed by atoms with van der Waals surface area (Å²) in [5.74, 6) is 0. The third-order valence-corrected chi connectivity index (χ3v) is 2.09. The van der Waals surface area contributed by atoms with Crippen molar-refractivity contribution in [2.45, 2.75) is 65.9 Å². The SMILES string of the molecule is CCCC(O)CCCC(C)(C)C. The molecule has 0 rings (SSSR count). The molecule has 0 aliphatic rings. The van der Waals surface area contributed by atoms with E-state index in [0.29, 0.717) is 5.41 Å². The fraction of sp³-hybridized carbons (Fsp3) is 1.00. The molecule has 0 saturated carbocycles. The van der Waals surface area contributed by atoms with E-state index in [1.165, 1.54) is 6.42 Å². The average molecular weight is 172 g/mol. The largest absolute Gasteiger partial charge is 0.393 e. The molecule has 0 fully saturated rings. The van der Waals surface area contributed by atoms with E-state index in [-0.39, 0.29) is 6.10 Å². The molecule has 0 radical (unpaired) electrons. The van der Waals surface area contributed by atoms with E-state index in [1.807, 2.05) is 0 Å². The number of aliphatic hydroxyl groups excluding tert-OH is 1. The van der Waals surface area contributed by atoms with Gasteiger partial charge in [-0.15, -0.1) is 0 Å². The van der Waals surface area contributed by atoms with Crippen molar-refractivity contribution in [3.63, 3.8) is 0 Å². The van der Waals surface area contributed by atoms with E-state index in [4.69, 9.17) is 0 Å². The zero-order valence-corrected chi connectivity index (χ0v) is 9.06. The Labute approximate surface area is 77.2 Å². The zero-order valence-electron chi connectivity index (χ0n) is 9.06. The molecule has 0 bridgehead atoms. The van der Waals surface area contributed by atoms with Gasteiger partial charge in [-0.2, -0.15) is 0 Å².